The van der Waals surface area contributed by atoms with Gasteiger partial charge >= 0.3 is 6.09 Å². The van der Waals surface area contributed by atoms with Gasteiger partial charge < -0.3 is 19.7 Å². The zero-order chi connectivity index (χ0) is 22.7. The standard InChI is InChI=1S/C21H26Cl2N4O4/c1-5-15-19(25-16-10-27(21(29)30-4)11-17(16)31-6-2)26(3)20(28)18(24-15)13-8-7-12(22)9-14(13)23/h7-9,16-17,25H,5-6,10-11H2,1-4H3/t16-,17+/m1/s1. The summed E-state index contributed by atoms with van der Waals surface area (Å²) >= 11 is 12.3. The second kappa shape index (κ2) is 9.89. The first-order chi connectivity index (χ1) is 14.8. The van der Waals surface area contributed by atoms with Crippen LogP contribution < -0.4 is 10.9 Å². The molecule has 3 rings (SSSR count). The van der Waals surface area contributed by atoms with Crippen molar-refractivity contribution < 1.29 is 14.3 Å². The summed E-state index contributed by atoms with van der Waals surface area (Å²) in [7, 11) is 3.03. The fraction of sp³-hybridized carbons (Fsp3) is 0.476. The molecule has 1 fully saturated rings. The Bertz CT molecular complexity index is 1030. The first kappa shape index (κ1) is 23.4. The van der Waals surface area contributed by atoms with E-state index in [9.17, 15) is 9.59 Å². The normalized spacial score (nSPS) is 18.3. The van der Waals surface area contributed by atoms with Gasteiger partial charge in [-0.2, -0.15) is 0 Å². The second-order valence-corrected chi connectivity index (χ2v) is 8.06. The van der Waals surface area contributed by atoms with Crippen LogP contribution in [0.15, 0.2) is 23.0 Å². The molecule has 0 aliphatic carbocycles. The van der Waals surface area contributed by atoms with E-state index in [4.69, 9.17) is 32.7 Å². The van der Waals surface area contributed by atoms with Crippen molar-refractivity contribution in [2.75, 3.05) is 32.1 Å². The van der Waals surface area contributed by atoms with Crippen molar-refractivity contribution >= 4 is 35.1 Å². The van der Waals surface area contributed by atoms with Crippen LogP contribution in [0.25, 0.3) is 11.3 Å². The molecule has 1 saturated heterocycles. The van der Waals surface area contributed by atoms with Crippen molar-refractivity contribution in [3.63, 3.8) is 0 Å². The maximum atomic E-state index is 13.1. The molecule has 0 radical (unpaired) electrons. The van der Waals surface area contributed by atoms with Crippen molar-refractivity contribution in [1.29, 1.82) is 0 Å². The molecule has 2 heterocycles. The minimum atomic E-state index is -0.413. The monoisotopic (exact) mass is 468 g/mol. The largest absolute Gasteiger partial charge is 0.453 e. The van der Waals surface area contributed by atoms with Gasteiger partial charge in [-0.1, -0.05) is 30.1 Å². The summed E-state index contributed by atoms with van der Waals surface area (Å²) in [5, 5.41) is 4.23. The average molecular weight is 469 g/mol. The zero-order valence-electron chi connectivity index (χ0n) is 17.9. The molecular weight excluding hydrogens is 443 g/mol. The number of nitrogens with one attached hydrogen (secondary N) is 1. The smallest absolute Gasteiger partial charge is 0.409 e. The number of hydrogen-bond acceptors (Lipinski definition) is 6. The number of likely N-dealkylation sites (tertiary alicyclic amines) is 1. The number of aryl methyl sites for hydroxylation is 1. The first-order valence-electron chi connectivity index (χ1n) is 10.1. The molecule has 0 saturated carbocycles. The Morgan fingerprint density at radius 1 is 1.29 bits per heavy atom. The van der Waals surface area contributed by atoms with Gasteiger partial charge in [-0.15, -0.1) is 0 Å². The lowest BCUT2D eigenvalue weighted by Gasteiger charge is -2.24. The van der Waals surface area contributed by atoms with Gasteiger partial charge in [-0.25, -0.2) is 9.78 Å². The van der Waals surface area contributed by atoms with E-state index in [1.54, 1.807) is 30.1 Å². The molecule has 0 bridgehead atoms. The van der Waals surface area contributed by atoms with Crippen LogP contribution in [0.4, 0.5) is 10.6 Å². The molecular formula is C21H26Cl2N4O4. The summed E-state index contributed by atoms with van der Waals surface area (Å²) in [5.41, 5.74) is 1.20. The molecule has 1 aliphatic rings. The van der Waals surface area contributed by atoms with Crippen LogP contribution in [0.1, 0.15) is 19.5 Å². The summed E-state index contributed by atoms with van der Waals surface area (Å²) in [5.74, 6) is 0.586. The molecule has 168 valence electrons. The van der Waals surface area contributed by atoms with E-state index in [2.05, 4.69) is 10.3 Å². The highest BCUT2D eigenvalue weighted by molar-refractivity contribution is 6.36. The average Bonchev–Trinajstić information content (AvgIpc) is 3.14. The van der Waals surface area contributed by atoms with Crippen LogP contribution >= 0.6 is 23.2 Å². The summed E-state index contributed by atoms with van der Waals surface area (Å²) in [6, 6.07) is 4.73. The summed E-state index contributed by atoms with van der Waals surface area (Å²) < 4.78 is 12.2. The summed E-state index contributed by atoms with van der Waals surface area (Å²) in [6.45, 7) is 5.15. The molecule has 2 atom stereocenters. The first-order valence-corrected chi connectivity index (χ1v) is 10.8. The molecule has 1 N–H and O–H groups in total. The van der Waals surface area contributed by atoms with E-state index in [0.717, 1.165) is 0 Å². The van der Waals surface area contributed by atoms with Crippen LogP contribution in [0.5, 0.6) is 0 Å². The minimum Gasteiger partial charge on any atom is -0.453 e. The number of nitrogens with zero attached hydrogens (tertiary/aromatic N) is 3. The second-order valence-electron chi connectivity index (χ2n) is 7.22. The predicted octanol–water partition coefficient (Wildman–Crippen LogP) is 3.58. The Morgan fingerprint density at radius 2 is 2.03 bits per heavy atom. The SMILES string of the molecule is CCO[C@H]1CN(C(=O)OC)C[C@H]1Nc1c(CC)nc(-c2ccc(Cl)cc2Cl)c(=O)n1C. The number of hydrogen-bond donors (Lipinski definition) is 1. The van der Waals surface area contributed by atoms with Crippen molar-refractivity contribution in [3.05, 3.63) is 44.3 Å². The van der Waals surface area contributed by atoms with E-state index < -0.39 is 6.09 Å². The van der Waals surface area contributed by atoms with E-state index >= 15 is 0 Å². The molecule has 0 spiro atoms. The minimum absolute atomic E-state index is 0.221. The molecule has 1 aromatic carbocycles. The van der Waals surface area contributed by atoms with Crippen LogP contribution in [0, 0.1) is 0 Å². The third-order valence-corrected chi connectivity index (χ3v) is 5.83. The highest BCUT2D eigenvalue weighted by Gasteiger charge is 2.37. The number of amides is 1. The van der Waals surface area contributed by atoms with E-state index in [1.165, 1.54) is 11.7 Å². The molecule has 2 aromatic rings. The van der Waals surface area contributed by atoms with Gasteiger partial charge in [-0.3, -0.25) is 9.36 Å². The maximum Gasteiger partial charge on any atom is 0.409 e. The fourth-order valence-corrected chi connectivity index (χ4v) is 4.22. The number of carbonyl (C=O) groups excluding carboxylic acids is 1. The number of carbonyl (C=O) groups is 1. The fourth-order valence-electron chi connectivity index (χ4n) is 3.72. The molecule has 1 aliphatic heterocycles. The number of ether oxygens (including phenoxy) is 2. The van der Waals surface area contributed by atoms with Crippen LogP contribution in [0.2, 0.25) is 10.0 Å². The predicted molar refractivity (Wildman–Crippen MR) is 121 cm³/mol. The maximum absolute atomic E-state index is 13.1. The number of aromatic nitrogens is 2. The number of halogens is 2. The Hall–Kier alpha value is -2.29. The highest BCUT2D eigenvalue weighted by Crippen LogP contribution is 2.29. The third kappa shape index (κ3) is 4.81. The number of anilines is 1. The van der Waals surface area contributed by atoms with E-state index in [-0.39, 0.29) is 23.4 Å². The molecule has 1 aromatic heterocycles. The summed E-state index contributed by atoms with van der Waals surface area (Å²) in [6.07, 6.45) is -0.0692. The van der Waals surface area contributed by atoms with Gasteiger partial charge in [0.25, 0.3) is 5.56 Å². The molecule has 1 amide bonds. The van der Waals surface area contributed by atoms with Crippen molar-refractivity contribution in [2.45, 2.75) is 32.4 Å². The Labute approximate surface area is 191 Å². The Balaban J connectivity index is 1.99. The van der Waals surface area contributed by atoms with E-state index in [0.29, 0.717) is 53.2 Å². The van der Waals surface area contributed by atoms with Gasteiger partial charge in [-0.05, 0) is 31.5 Å². The lowest BCUT2D eigenvalue weighted by molar-refractivity contribution is 0.0613. The Morgan fingerprint density at radius 3 is 2.65 bits per heavy atom. The van der Waals surface area contributed by atoms with Crippen molar-refractivity contribution in [1.82, 2.24) is 14.5 Å². The van der Waals surface area contributed by atoms with Gasteiger partial charge in [0, 0.05) is 30.8 Å². The van der Waals surface area contributed by atoms with E-state index in [1.807, 2.05) is 13.8 Å². The molecule has 8 nitrogen and oxygen atoms in total. The van der Waals surface area contributed by atoms with Gasteiger partial charge in [0.1, 0.15) is 11.5 Å². The highest BCUT2D eigenvalue weighted by atomic mass is 35.5. The third-order valence-electron chi connectivity index (χ3n) is 5.29. The zero-order valence-corrected chi connectivity index (χ0v) is 19.5. The lowest BCUT2D eigenvalue weighted by Crippen LogP contribution is -2.37. The van der Waals surface area contributed by atoms with Crippen LogP contribution in [-0.4, -0.2) is 59.5 Å². The topological polar surface area (TPSA) is 85.7 Å². The van der Waals surface area contributed by atoms with Crippen LogP contribution in [-0.2, 0) is 22.9 Å². The molecule has 10 heteroatoms. The molecule has 0 unspecified atom stereocenters. The van der Waals surface area contributed by atoms with Gasteiger partial charge in [0.2, 0.25) is 0 Å². The number of benzene rings is 1. The summed E-state index contributed by atoms with van der Waals surface area (Å²) in [4.78, 5) is 31.3. The van der Waals surface area contributed by atoms with Crippen LogP contribution in [0.3, 0.4) is 0 Å². The number of methoxy groups -OCH3 is 1. The van der Waals surface area contributed by atoms with Crippen molar-refractivity contribution in [2.24, 2.45) is 7.05 Å². The Kier molecular flexibility index (Phi) is 7.46. The lowest BCUT2D eigenvalue weighted by atomic mass is 10.1. The van der Waals surface area contributed by atoms with Gasteiger partial charge in [0.05, 0.1) is 36.5 Å². The van der Waals surface area contributed by atoms with Gasteiger partial charge in [0.15, 0.2) is 0 Å². The molecule has 31 heavy (non-hydrogen) atoms. The van der Waals surface area contributed by atoms with Crippen molar-refractivity contribution in [3.8, 4) is 11.3 Å². The number of rotatable bonds is 6. The quantitative estimate of drug-likeness (QED) is 0.696.